The molecule has 6 heteroatoms. The predicted octanol–water partition coefficient (Wildman–Crippen LogP) is 2.87. The van der Waals surface area contributed by atoms with E-state index in [4.69, 9.17) is 4.74 Å². The van der Waals surface area contributed by atoms with Gasteiger partial charge < -0.3 is 9.53 Å². The Balaban J connectivity index is 2.42. The normalized spacial score (nSPS) is 10.1. The number of nitrogens with zero attached hydrogens (tertiary/aromatic N) is 1. The molecule has 0 amide bonds. The van der Waals surface area contributed by atoms with Crippen molar-refractivity contribution in [2.45, 2.75) is 26.2 Å². The lowest BCUT2D eigenvalue weighted by molar-refractivity contribution is -0.387. The highest BCUT2D eigenvalue weighted by molar-refractivity contribution is 5.75. The first-order valence-corrected chi connectivity index (χ1v) is 5.57. The second kappa shape index (κ2) is 6.68. The van der Waals surface area contributed by atoms with Crippen LogP contribution in [0.3, 0.4) is 0 Å². The number of carbonyl (C=O) groups is 1. The van der Waals surface area contributed by atoms with Crippen LogP contribution in [-0.4, -0.2) is 17.3 Å². The number of halogens is 1. The van der Waals surface area contributed by atoms with Crippen molar-refractivity contribution in [2.75, 3.05) is 6.61 Å². The van der Waals surface area contributed by atoms with Crippen molar-refractivity contribution in [3.05, 3.63) is 34.1 Å². The van der Waals surface area contributed by atoms with E-state index < -0.39 is 16.4 Å². The van der Waals surface area contributed by atoms with E-state index in [1.54, 1.807) is 0 Å². The monoisotopic (exact) mass is 255 g/mol. The number of benzene rings is 1. The molecule has 5 nitrogen and oxygen atoms in total. The highest BCUT2D eigenvalue weighted by Crippen LogP contribution is 2.22. The van der Waals surface area contributed by atoms with Crippen molar-refractivity contribution in [3.63, 3.8) is 0 Å². The van der Waals surface area contributed by atoms with Gasteiger partial charge in [-0.05, 0) is 25.8 Å². The third kappa shape index (κ3) is 4.48. The molecule has 0 saturated carbocycles. The van der Waals surface area contributed by atoms with Crippen LogP contribution in [0, 0.1) is 15.9 Å². The minimum absolute atomic E-state index is 0.122. The Morgan fingerprint density at radius 2 is 2.17 bits per heavy atom. The van der Waals surface area contributed by atoms with Gasteiger partial charge >= 0.3 is 5.69 Å². The van der Waals surface area contributed by atoms with Crippen molar-refractivity contribution in [1.29, 1.82) is 0 Å². The molecule has 0 N–H and O–H groups in total. The van der Waals surface area contributed by atoms with Crippen LogP contribution in [0.4, 0.5) is 10.1 Å². The molecule has 0 aliphatic rings. The number of ether oxygens (including phenoxy) is 1. The summed E-state index contributed by atoms with van der Waals surface area (Å²) in [6.45, 7) is 1.87. The summed E-state index contributed by atoms with van der Waals surface area (Å²) in [5.74, 6) is -0.543. The van der Waals surface area contributed by atoms with E-state index in [0.29, 0.717) is 25.9 Å². The number of nitro groups is 1. The minimum Gasteiger partial charge on any atom is -0.493 e. The maximum atomic E-state index is 13.2. The molecule has 0 fully saturated rings. The molecule has 1 aromatic rings. The molecule has 0 aliphatic heterocycles. The molecule has 98 valence electrons. The first kappa shape index (κ1) is 14.1. The van der Waals surface area contributed by atoms with E-state index in [9.17, 15) is 19.3 Å². The molecule has 0 spiro atoms. The van der Waals surface area contributed by atoms with Crippen LogP contribution in [0.5, 0.6) is 5.75 Å². The lowest BCUT2D eigenvalue weighted by Crippen LogP contribution is -2.00. The van der Waals surface area contributed by atoms with Gasteiger partial charge in [0.15, 0.2) is 0 Å². The van der Waals surface area contributed by atoms with Crippen LogP contribution in [0.2, 0.25) is 0 Å². The Kier molecular flexibility index (Phi) is 5.23. The average molecular weight is 255 g/mol. The molecule has 0 aliphatic carbocycles. The Morgan fingerprint density at radius 3 is 2.72 bits per heavy atom. The number of nitro benzene ring substituents is 1. The molecule has 1 rings (SSSR count). The van der Waals surface area contributed by atoms with Crippen molar-refractivity contribution < 1.29 is 18.8 Å². The third-order valence-corrected chi connectivity index (χ3v) is 2.31. The summed E-state index contributed by atoms with van der Waals surface area (Å²) in [5.41, 5.74) is -0.570. The van der Waals surface area contributed by atoms with E-state index in [1.165, 1.54) is 13.0 Å². The lowest BCUT2D eigenvalue weighted by atomic mass is 10.2. The highest BCUT2D eigenvalue weighted by Gasteiger charge is 2.13. The Hall–Kier alpha value is -1.98. The van der Waals surface area contributed by atoms with Crippen molar-refractivity contribution in [1.82, 2.24) is 0 Å². The summed E-state index contributed by atoms with van der Waals surface area (Å²) < 4.78 is 18.4. The largest absolute Gasteiger partial charge is 0.493 e. The maximum Gasteiger partial charge on any atom is 0.305 e. The number of hydrogen-bond acceptors (Lipinski definition) is 4. The van der Waals surface area contributed by atoms with Gasteiger partial charge in [0.25, 0.3) is 0 Å². The van der Waals surface area contributed by atoms with Gasteiger partial charge in [-0.25, -0.2) is 0 Å². The fourth-order valence-corrected chi connectivity index (χ4v) is 1.39. The molecule has 0 heterocycles. The lowest BCUT2D eigenvalue weighted by Gasteiger charge is -2.05. The first-order chi connectivity index (χ1) is 8.50. The maximum absolute atomic E-state index is 13.2. The summed E-state index contributed by atoms with van der Waals surface area (Å²) in [7, 11) is 0. The molecule has 0 atom stereocenters. The van der Waals surface area contributed by atoms with Crippen LogP contribution in [0.15, 0.2) is 18.2 Å². The summed E-state index contributed by atoms with van der Waals surface area (Å²) in [6.07, 6.45) is 1.89. The molecule has 0 saturated heterocycles. The zero-order valence-corrected chi connectivity index (χ0v) is 10.0. The number of unbranched alkanes of at least 4 members (excludes halogenated alkanes) is 1. The summed E-state index contributed by atoms with van der Waals surface area (Å²) >= 11 is 0. The fourth-order valence-electron chi connectivity index (χ4n) is 1.39. The number of carbonyl (C=O) groups excluding carboxylic acids is 1. The Bertz CT molecular complexity index is 448. The van der Waals surface area contributed by atoms with Crippen LogP contribution >= 0.6 is 0 Å². The minimum atomic E-state index is -0.916. The third-order valence-electron chi connectivity index (χ3n) is 2.31. The topological polar surface area (TPSA) is 69.4 Å². The summed E-state index contributed by atoms with van der Waals surface area (Å²) in [4.78, 5) is 20.3. The van der Waals surface area contributed by atoms with Crippen molar-refractivity contribution >= 4 is 11.5 Å². The fraction of sp³-hybridized carbons (Fsp3) is 0.417. The van der Waals surface area contributed by atoms with Crippen molar-refractivity contribution in [2.24, 2.45) is 0 Å². The molecule has 0 unspecified atom stereocenters. The molecule has 1 aromatic carbocycles. The van der Waals surface area contributed by atoms with Crippen LogP contribution in [0.25, 0.3) is 0 Å². The van der Waals surface area contributed by atoms with E-state index in [1.807, 2.05) is 0 Å². The van der Waals surface area contributed by atoms with Gasteiger partial charge in [-0.1, -0.05) is 0 Å². The number of ketones is 1. The Morgan fingerprint density at radius 1 is 1.44 bits per heavy atom. The van der Waals surface area contributed by atoms with E-state index in [2.05, 4.69) is 0 Å². The van der Waals surface area contributed by atoms with Crippen LogP contribution < -0.4 is 4.74 Å². The van der Waals surface area contributed by atoms with Crippen LogP contribution in [0.1, 0.15) is 26.2 Å². The quantitative estimate of drug-likeness (QED) is 0.426. The number of hydrogen-bond donors (Lipinski definition) is 0. The molecule has 0 radical (unpaired) electrons. The second-order valence-corrected chi connectivity index (χ2v) is 3.88. The van der Waals surface area contributed by atoms with Gasteiger partial charge in [0.2, 0.25) is 5.82 Å². The van der Waals surface area contributed by atoms with E-state index >= 15 is 0 Å². The smallest absolute Gasteiger partial charge is 0.305 e. The van der Waals surface area contributed by atoms with Crippen LogP contribution in [-0.2, 0) is 4.79 Å². The summed E-state index contributed by atoms with van der Waals surface area (Å²) in [6, 6.07) is 3.41. The summed E-state index contributed by atoms with van der Waals surface area (Å²) in [5, 5.41) is 10.4. The standard InChI is InChI=1S/C12H14FNO4/c1-9(15)4-2-3-7-18-10-5-6-12(14(16)17)11(13)8-10/h5-6,8H,2-4,7H2,1H3. The van der Waals surface area contributed by atoms with Gasteiger partial charge in [-0.3, -0.25) is 10.1 Å². The van der Waals surface area contributed by atoms with Gasteiger partial charge in [0.1, 0.15) is 11.5 Å². The molecule has 18 heavy (non-hydrogen) atoms. The number of rotatable bonds is 7. The first-order valence-electron chi connectivity index (χ1n) is 5.57. The number of Topliss-reactive ketones (excluding diaryl/α,β-unsaturated/α-hetero) is 1. The molecular weight excluding hydrogens is 241 g/mol. The highest BCUT2D eigenvalue weighted by atomic mass is 19.1. The second-order valence-electron chi connectivity index (χ2n) is 3.88. The molecular formula is C12H14FNO4. The van der Waals surface area contributed by atoms with Gasteiger partial charge in [0.05, 0.1) is 11.5 Å². The average Bonchev–Trinajstić information content (AvgIpc) is 2.27. The zero-order chi connectivity index (χ0) is 13.5. The predicted molar refractivity (Wildman–Crippen MR) is 63.1 cm³/mol. The zero-order valence-electron chi connectivity index (χ0n) is 10.0. The molecule has 0 bridgehead atoms. The van der Waals surface area contributed by atoms with Gasteiger partial charge in [-0.2, -0.15) is 4.39 Å². The van der Waals surface area contributed by atoms with E-state index in [-0.39, 0.29) is 11.5 Å². The van der Waals surface area contributed by atoms with Crippen molar-refractivity contribution in [3.8, 4) is 5.75 Å². The van der Waals surface area contributed by atoms with Gasteiger partial charge in [-0.15, -0.1) is 0 Å². The SMILES string of the molecule is CC(=O)CCCCOc1ccc([N+](=O)[O-])c(F)c1. The molecule has 0 aromatic heterocycles. The Labute approximate surface area is 104 Å². The van der Waals surface area contributed by atoms with E-state index in [0.717, 1.165) is 12.1 Å². The van der Waals surface area contributed by atoms with Gasteiger partial charge in [0, 0.05) is 18.6 Å².